The monoisotopic (exact) mass is 342 g/mol. The molecule has 0 atom stereocenters. The van der Waals surface area contributed by atoms with E-state index >= 15 is 0 Å². The zero-order chi connectivity index (χ0) is 15.2. The molecule has 3 heteroatoms. The summed E-state index contributed by atoms with van der Waals surface area (Å²) in [6.45, 7) is 8.79. The van der Waals surface area contributed by atoms with Crippen LogP contribution in [-0.2, 0) is 5.41 Å². The number of fused-ring (bicyclic) bond motifs is 1. The van der Waals surface area contributed by atoms with Crippen molar-refractivity contribution in [2.75, 3.05) is 0 Å². The Morgan fingerprint density at radius 1 is 1.10 bits per heavy atom. The molecule has 3 aromatic rings. The maximum Gasteiger partial charge on any atom is 0.138 e. The van der Waals surface area contributed by atoms with E-state index in [2.05, 4.69) is 85.0 Å². The summed E-state index contributed by atoms with van der Waals surface area (Å²) in [6, 6.07) is 12.7. The summed E-state index contributed by atoms with van der Waals surface area (Å²) in [5.41, 5.74) is 5.86. The summed E-state index contributed by atoms with van der Waals surface area (Å²) < 4.78 is 1.08. The Balaban J connectivity index is 2.25. The first kappa shape index (κ1) is 14.3. The number of nitrogens with zero attached hydrogens (tertiary/aromatic N) is 1. The molecule has 1 heterocycles. The highest BCUT2D eigenvalue weighted by Crippen LogP contribution is 2.33. The predicted molar refractivity (Wildman–Crippen MR) is 92.7 cm³/mol. The fourth-order valence-corrected chi connectivity index (χ4v) is 3.29. The minimum Gasteiger partial charge on any atom is -0.338 e. The number of H-pyrrole nitrogens is 1. The van der Waals surface area contributed by atoms with Crippen LogP contribution in [0.2, 0.25) is 0 Å². The summed E-state index contributed by atoms with van der Waals surface area (Å²) in [5, 5.41) is 0. The van der Waals surface area contributed by atoms with Crippen LogP contribution in [0, 0.1) is 6.92 Å². The summed E-state index contributed by atoms with van der Waals surface area (Å²) in [6.07, 6.45) is 0. The summed E-state index contributed by atoms with van der Waals surface area (Å²) in [4.78, 5) is 8.29. The lowest BCUT2D eigenvalue weighted by atomic mass is 9.83. The van der Waals surface area contributed by atoms with E-state index in [0.29, 0.717) is 0 Å². The van der Waals surface area contributed by atoms with Crippen LogP contribution in [0.25, 0.3) is 22.4 Å². The van der Waals surface area contributed by atoms with Crippen molar-refractivity contribution in [3.63, 3.8) is 0 Å². The largest absolute Gasteiger partial charge is 0.338 e. The fraction of sp³-hybridized carbons (Fsp3) is 0.278. The van der Waals surface area contributed by atoms with Gasteiger partial charge in [-0.3, -0.25) is 0 Å². The lowest BCUT2D eigenvalue weighted by Gasteiger charge is -2.21. The normalized spacial score (nSPS) is 12.0. The predicted octanol–water partition coefficient (Wildman–Crippen LogP) is 5.60. The molecule has 0 bridgehead atoms. The Hall–Kier alpha value is -1.61. The van der Waals surface area contributed by atoms with E-state index < -0.39 is 0 Å². The minimum absolute atomic E-state index is 0.0885. The standard InChI is InChI=1S/C18H19BrN2/c1-11-9-12(19)10-15-16(11)21-17(20-15)13-7-5-6-8-14(13)18(2,3)4/h5-10H,1-4H3,(H,20,21). The lowest BCUT2D eigenvalue weighted by molar-refractivity contribution is 0.591. The molecule has 0 aliphatic carbocycles. The van der Waals surface area contributed by atoms with Crippen LogP contribution in [0.1, 0.15) is 31.9 Å². The van der Waals surface area contributed by atoms with Gasteiger partial charge in [-0.2, -0.15) is 0 Å². The lowest BCUT2D eigenvalue weighted by Crippen LogP contribution is -2.12. The number of hydrogen-bond donors (Lipinski definition) is 1. The third kappa shape index (κ3) is 2.62. The van der Waals surface area contributed by atoms with Crippen LogP contribution in [-0.4, -0.2) is 9.97 Å². The molecule has 0 aliphatic heterocycles. The number of rotatable bonds is 1. The van der Waals surface area contributed by atoms with Gasteiger partial charge in [0.05, 0.1) is 11.0 Å². The van der Waals surface area contributed by atoms with Crippen LogP contribution >= 0.6 is 15.9 Å². The second-order valence-corrected chi connectivity index (χ2v) is 7.42. The van der Waals surface area contributed by atoms with Gasteiger partial charge in [-0.1, -0.05) is 61.0 Å². The van der Waals surface area contributed by atoms with Gasteiger partial charge in [0.25, 0.3) is 0 Å². The Labute approximate surface area is 133 Å². The Bertz CT molecular complexity index is 810. The van der Waals surface area contributed by atoms with Crippen molar-refractivity contribution >= 4 is 27.0 Å². The molecule has 0 fully saturated rings. The van der Waals surface area contributed by atoms with Crippen molar-refractivity contribution in [2.45, 2.75) is 33.1 Å². The second kappa shape index (κ2) is 4.99. The molecule has 0 saturated heterocycles. The molecule has 3 rings (SSSR count). The van der Waals surface area contributed by atoms with Gasteiger partial charge in [0.2, 0.25) is 0 Å². The molecule has 0 amide bonds. The number of aromatic nitrogens is 2. The number of hydrogen-bond acceptors (Lipinski definition) is 1. The molecule has 21 heavy (non-hydrogen) atoms. The van der Waals surface area contributed by atoms with Crippen molar-refractivity contribution in [1.82, 2.24) is 9.97 Å². The molecule has 2 aromatic carbocycles. The van der Waals surface area contributed by atoms with Crippen molar-refractivity contribution < 1.29 is 0 Å². The number of nitrogens with one attached hydrogen (secondary N) is 1. The highest BCUT2D eigenvalue weighted by molar-refractivity contribution is 9.10. The van der Waals surface area contributed by atoms with Crippen LogP contribution in [0.4, 0.5) is 0 Å². The Kier molecular flexibility index (Phi) is 3.40. The highest BCUT2D eigenvalue weighted by atomic mass is 79.9. The van der Waals surface area contributed by atoms with Crippen molar-refractivity contribution in [3.8, 4) is 11.4 Å². The molecule has 1 N–H and O–H groups in total. The number of halogens is 1. The molecule has 1 aromatic heterocycles. The van der Waals surface area contributed by atoms with E-state index in [1.165, 1.54) is 16.7 Å². The maximum atomic E-state index is 4.82. The van der Waals surface area contributed by atoms with E-state index in [9.17, 15) is 0 Å². The molecule has 0 aliphatic rings. The van der Waals surface area contributed by atoms with Gasteiger partial charge in [-0.15, -0.1) is 0 Å². The van der Waals surface area contributed by atoms with Gasteiger partial charge in [0.15, 0.2) is 0 Å². The summed E-state index contributed by atoms with van der Waals surface area (Å²) in [7, 11) is 0. The third-order valence-corrected chi connectivity index (χ3v) is 4.19. The molecule has 108 valence electrons. The number of benzene rings is 2. The molecular weight excluding hydrogens is 324 g/mol. The number of imidazole rings is 1. The zero-order valence-electron chi connectivity index (χ0n) is 12.8. The first-order chi connectivity index (χ1) is 9.86. The average molecular weight is 343 g/mol. The van der Waals surface area contributed by atoms with E-state index in [1.54, 1.807) is 0 Å². The van der Waals surface area contributed by atoms with Crippen molar-refractivity contribution in [3.05, 3.63) is 52.0 Å². The van der Waals surface area contributed by atoms with Crippen LogP contribution in [0.3, 0.4) is 0 Å². The summed E-state index contributed by atoms with van der Waals surface area (Å²) in [5.74, 6) is 0.941. The third-order valence-electron chi connectivity index (χ3n) is 3.73. The topological polar surface area (TPSA) is 28.7 Å². The van der Waals surface area contributed by atoms with Crippen molar-refractivity contribution in [1.29, 1.82) is 0 Å². The van der Waals surface area contributed by atoms with Gasteiger partial charge in [-0.05, 0) is 35.6 Å². The van der Waals surface area contributed by atoms with Crippen LogP contribution in [0.15, 0.2) is 40.9 Å². The van der Waals surface area contributed by atoms with Gasteiger partial charge >= 0.3 is 0 Å². The zero-order valence-corrected chi connectivity index (χ0v) is 14.4. The Morgan fingerprint density at radius 2 is 1.81 bits per heavy atom. The van der Waals surface area contributed by atoms with E-state index in [4.69, 9.17) is 4.98 Å². The highest BCUT2D eigenvalue weighted by Gasteiger charge is 2.20. The van der Waals surface area contributed by atoms with Gasteiger partial charge in [-0.25, -0.2) is 4.98 Å². The second-order valence-electron chi connectivity index (χ2n) is 6.50. The van der Waals surface area contributed by atoms with Gasteiger partial charge in [0.1, 0.15) is 5.82 Å². The molecule has 0 unspecified atom stereocenters. The molecule has 0 saturated carbocycles. The quantitative estimate of drug-likeness (QED) is 0.612. The van der Waals surface area contributed by atoms with E-state index in [0.717, 1.165) is 21.3 Å². The molecular formula is C18H19BrN2. The number of aromatic amines is 1. The first-order valence-corrected chi connectivity index (χ1v) is 7.91. The Morgan fingerprint density at radius 3 is 2.52 bits per heavy atom. The van der Waals surface area contributed by atoms with Crippen LogP contribution < -0.4 is 0 Å². The fourth-order valence-electron chi connectivity index (χ4n) is 2.72. The van der Waals surface area contributed by atoms with Crippen molar-refractivity contribution in [2.24, 2.45) is 0 Å². The number of aryl methyl sites for hydroxylation is 1. The molecule has 0 radical (unpaired) electrons. The minimum atomic E-state index is 0.0885. The van der Waals surface area contributed by atoms with Crippen LogP contribution in [0.5, 0.6) is 0 Å². The van der Waals surface area contributed by atoms with E-state index in [1.807, 2.05) is 0 Å². The van der Waals surface area contributed by atoms with Gasteiger partial charge in [0, 0.05) is 10.0 Å². The maximum absolute atomic E-state index is 4.82. The molecule has 0 spiro atoms. The molecule has 2 nitrogen and oxygen atoms in total. The van der Waals surface area contributed by atoms with Gasteiger partial charge < -0.3 is 4.98 Å². The first-order valence-electron chi connectivity index (χ1n) is 7.12. The average Bonchev–Trinajstić information content (AvgIpc) is 2.81. The smallest absolute Gasteiger partial charge is 0.138 e. The van der Waals surface area contributed by atoms with E-state index in [-0.39, 0.29) is 5.41 Å². The summed E-state index contributed by atoms with van der Waals surface area (Å²) >= 11 is 3.55. The SMILES string of the molecule is Cc1cc(Br)cc2[nH]c(-c3ccccc3C(C)(C)C)nc12.